The van der Waals surface area contributed by atoms with E-state index in [1.807, 2.05) is 19.1 Å². The van der Waals surface area contributed by atoms with Gasteiger partial charge in [0.1, 0.15) is 6.04 Å². The second-order valence-corrected chi connectivity index (χ2v) is 9.54. The summed E-state index contributed by atoms with van der Waals surface area (Å²) in [4.78, 5) is 41.0. The summed E-state index contributed by atoms with van der Waals surface area (Å²) in [6.07, 6.45) is 1.22. The number of primary sulfonamides is 1. The van der Waals surface area contributed by atoms with Crippen LogP contribution in [0.4, 0.5) is 5.69 Å². The lowest BCUT2D eigenvalue weighted by Crippen LogP contribution is -2.46. The molecular formula is C22H24ClN3O5S. The molecule has 1 atom stereocenters. The van der Waals surface area contributed by atoms with Gasteiger partial charge in [-0.05, 0) is 54.8 Å². The first-order valence-corrected chi connectivity index (χ1v) is 12.1. The summed E-state index contributed by atoms with van der Waals surface area (Å²) in [6.45, 7) is 2.13. The van der Waals surface area contributed by atoms with E-state index in [9.17, 15) is 22.8 Å². The fraction of sp³-hybridized carbons (Fsp3) is 0.318. The maximum atomic E-state index is 13.2. The molecule has 0 saturated carbocycles. The van der Waals surface area contributed by atoms with Crippen molar-refractivity contribution in [3.63, 3.8) is 0 Å². The largest absolute Gasteiger partial charge is 0.330 e. The van der Waals surface area contributed by atoms with Gasteiger partial charge in [0.05, 0.1) is 17.0 Å². The molecule has 0 aliphatic carbocycles. The van der Waals surface area contributed by atoms with Gasteiger partial charge in [0.2, 0.25) is 21.8 Å². The molecule has 1 aliphatic heterocycles. The molecular weight excluding hydrogens is 454 g/mol. The number of carbonyl (C=O) groups excluding carboxylic acids is 3. The highest BCUT2D eigenvalue weighted by Crippen LogP contribution is 2.27. The van der Waals surface area contributed by atoms with Crippen molar-refractivity contribution in [2.75, 3.05) is 11.4 Å². The Hall–Kier alpha value is -2.75. The first-order chi connectivity index (χ1) is 15.1. The van der Waals surface area contributed by atoms with E-state index in [1.54, 1.807) is 12.1 Å². The number of nitrogens with two attached hydrogens (primary N) is 1. The zero-order valence-electron chi connectivity index (χ0n) is 17.5. The highest BCUT2D eigenvalue weighted by molar-refractivity contribution is 7.89. The highest BCUT2D eigenvalue weighted by Gasteiger charge is 2.44. The first kappa shape index (κ1) is 23.9. The summed E-state index contributed by atoms with van der Waals surface area (Å²) in [5.41, 5.74) is 1.15. The van der Waals surface area contributed by atoms with E-state index >= 15 is 0 Å². The molecule has 0 aromatic heterocycles. The number of amides is 3. The third kappa shape index (κ3) is 5.35. The maximum Gasteiger partial charge on any atom is 0.257 e. The lowest BCUT2D eigenvalue weighted by atomic mass is 10.1. The van der Waals surface area contributed by atoms with Crippen LogP contribution in [0.5, 0.6) is 0 Å². The number of hydrogen-bond acceptors (Lipinski definition) is 5. The fourth-order valence-electron chi connectivity index (χ4n) is 3.67. The van der Waals surface area contributed by atoms with Gasteiger partial charge < -0.3 is 4.90 Å². The Morgan fingerprint density at radius 1 is 1.19 bits per heavy atom. The zero-order valence-corrected chi connectivity index (χ0v) is 19.1. The normalized spacial score (nSPS) is 16.5. The van der Waals surface area contributed by atoms with Crippen molar-refractivity contribution in [2.45, 2.75) is 43.5 Å². The molecule has 10 heteroatoms. The Morgan fingerprint density at radius 3 is 2.47 bits per heavy atom. The molecule has 1 saturated heterocycles. The number of benzene rings is 2. The molecule has 3 amide bonds. The van der Waals surface area contributed by atoms with Crippen molar-refractivity contribution < 1.29 is 22.8 Å². The molecule has 1 heterocycles. The summed E-state index contributed by atoms with van der Waals surface area (Å²) in [7, 11) is -3.90. The van der Waals surface area contributed by atoms with Crippen molar-refractivity contribution in [1.82, 2.24) is 4.90 Å². The standard InChI is InChI=1S/C22H24ClN3O5S/c1-2-4-20(27)25(12-11-15-5-3-6-16(23)13-15)19-14-21(28)26(22(19)29)17-7-9-18(10-8-17)32(24,30)31/h3,5-10,13,19H,2,4,11-12,14H2,1H3,(H2,24,30,31). The van der Waals surface area contributed by atoms with E-state index in [0.29, 0.717) is 17.9 Å². The molecule has 2 N–H and O–H groups in total. The van der Waals surface area contributed by atoms with Crippen molar-refractivity contribution in [3.8, 4) is 0 Å². The molecule has 1 aliphatic rings. The van der Waals surface area contributed by atoms with E-state index in [-0.39, 0.29) is 35.9 Å². The first-order valence-electron chi connectivity index (χ1n) is 10.2. The Kier molecular flexibility index (Phi) is 7.33. The number of halogens is 1. The quantitative estimate of drug-likeness (QED) is 0.586. The van der Waals surface area contributed by atoms with E-state index in [0.717, 1.165) is 10.5 Å². The van der Waals surface area contributed by atoms with Gasteiger partial charge >= 0.3 is 0 Å². The van der Waals surface area contributed by atoms with Crippen LogP contribution in [-0.4, -0.2) is 43.6 Å². The van der Waals surface area contributed by atoms with Crippen molar-refractivity contribution in [2.24, 2.45) is 5.14 Å². The second-order valence-electron chi connectivity index (χ2n) is 7.54. The van der Waals surface area contributed by atoms with Crippen molar-refractivity contribution in [1.29, 1.82) is 0 Å². The molecule has 1 fully saturated rings. The predicted molar refractivity (Wildman–Crippen MR) is 120 cm³/mol. The van der Waals surface area contributed by atoms with E-state index in [2.05, 4.69) is 0 Å². The van der Waals surface area contributed by atoms with Gasteiger partial charge in [0.15, 0.2) is 0 Å². The zero-order chi connectivity index (χ0) is 23.5. The van der Waals surface area contributed by atoms with Gasteiger partial charge in [-0.2, -0.15) is 0 Å². The molecule has 1 unspecified atom stereocenters. The number of hydrogen-bond donors (Lipinski definition) is 1. The van der Waals surface area contributed by atoms with Crippen LogP contribution >= 0.6 is 11.6 Å². The molecule has 2 aromatic carbocycles. The molecule has 3 rings (SSSR count). The molecule has 0 radical (unpaired) electrons. The minimum atomic E-state index is -3.90. The Labute approximate surface area is 192 Å². The van der Waals surface area contributed by atoms with Crippen LogP contribution in [-0.2, 0) is 30.8 Å². The van der Waals surface area contributed by atoms with Crippen LogP contribution in [0, 0.1) is 0 Å². The summed E-state index contributed by atoms with van der Waals surface area (Å²) in [5, 5.41) is 5.68. The van der Waals surface area contributed by atoms with E-state index in [1.165, 1.54) is 29.2 Å². The van der Waals surface area contributed by atoms with E-state index < -0.39 is 27.9 Å². The third-order valence-corrected chi connectivity index (χ3v) is 6.40. The SMILES string of the molecule is CCCC(=O)N(CCc1cccc(Cl)c1)C1CC(=O)N(c2ccc(S(N)(=O)=O)cc2)C1=O. The lowest BCUT2D eigenvalue weighted by Gasteiger charge is -2.28. The lowest BCUT2D eigenvalue weighted by molar-refractivity contribution is -0.138. The predicted octanol–water partition coefficient (Wildman–Crippen LogP) is 2.49. The third-order valence-electron chi connectivity index (χ3n) is 5.24. The monoisotopic (exact) mass is 477 g/mol. The number of carbonyl (C=O) groups is 3. The van der Waals surface area contributed by atoms with Crippen LogP contribution in [0.1, 0.15) is 31.7 Å². The maximum absolute atomic E-state index is 13.2. The molecule has 0 bridgehead atoms. The Bertz CT molecular complexity index is 1130. The number of sulfonamides is 1. The highest BCUT2D eigenvalue weighted by atomic mass is 35.5. The van der Waals surface area contributed by atoms with Crippen LogP contribution < -0.4 is 10.0 Å². The molecule has 8 nitrogen and oxygen atoms in total. The minimum absolute atomic E-state index is 0.127. The molecule has 0 spiro atoms. The molecule has 2 aromatic rings. The van der Waals surface area contributed by atoms with Crippen LogP contribution in [0.15, 0.2) is 53.4 Å². The van der Waals surface area contributed by atoms with Gasteiger partial charge in [-0.25, -0.2) is 18.5 Å². The van der Waals surface area contributed by atoms with Crippen molar-refractivity contribution in [3.05, 3.63) is 59.1 Å². The van der Waals surface area contributed by atoms with Crippen LogP contribution in [0.2, 0.25) is 5.02 Å². The van der Waals surface area contributed by atoms with Gasteiger partial charge in [-0.15, -0.1) is 0 Å². The van der Waals surface area contributed by atoms with Gasteiger partial charge in [-0.1, -0.05) is 30.7 Å². The summed E-state index contributed by atoms with van der Waals surface area (Å²) in [6, 6.07) is 11.5. The number of rotatable bonds is 8. The number of nitrogens with zero attached hydrogens (tertiary/aromatic N) is 2. The summed E-state index contributed by atoms with van der Waals surface area (Å²) in [5.74, 6) is -1.18. The minimum Gasteiger partial charge on any atom is -0.330 e. The number of imide groups is 1. The smallest absolute Gasteiger partial charge is 0.257 e. The van der Waals surface area contributed by atoms with Gasteiger partial charge in [0, 0.05) is 18.0 Å². The van der Waals surface area contributed by atoms with Gasteiger partial charge in [-0.3, -0.25) is 14.4 Å². The average molecular weight is 478 g/mol. The van der Waals surface area contributed by atoms with Gasteiger partial charge in [0.25, 0.3) is 5.91 Å². The molecule has 170 valence electrons. The topological polar surface area (TPSA) is 118 Å². The van der Waals surface area contributed by atoms with E-state index in [4.69, 9.17) is 16.7 Å². The second kappa shape index (κ2) is 9.81. The van der Waals surface area contributed by atoms with Crippen LogP contribution in [0.3, 0.4) is 0 Å². The number of anilines is 1. The Morgan fingerprint density at radius 2 is 1.88 bits per heavy atom. The Balaban J connectivity index is 1.83. The van der Waals surface area contributed by atoms with Crippen LogP contribution in [0.25, 0.3) is 0 Å². The summed E-state index contributed by atoms with van der Waals surface area (Å²) >= 11 is 6.04. The fourth-order valence-corrected chi connectivity index (χ4v) is 4.40. The summed E-state index contributed by atoms with van der Waals surface area (Å²) < 4.78 is 22.9. The average Bonchev–Trinajstić information content (AvgIpc) is 3.02. The van der Waals surface area contributed by atoms with Crippen molar-refractivity contribution >= 4 is 45.0 Å². The molecule has 32 heavy (non-hydrogen) atoms.